The summed E-state index contributed by atoms with van der Waals surface area (Å²) in [5, 5.41) is 0. The molecule has 0 bridgehead atoms. The normalized spacial score (nSPS) is 14.9. The molecule has 186 valence electrons. The quantitative estimate of drug-likeness (QED) is 0.280. The number of fused-ring (bicyclic) bond motifs is 1. The summed E-state index contributed by atoms with van der Waals surface area (Å²) in [7, 11) is 4.20. The Bertz CT molecular complexity index is 865. The Morgan fingerprint density at radius 1 is 1.21 bits per heavy atom. The average molecular weight is 466 g/mol. The van der Waals surface area contributed by atoms with E-state index < -0.39 is 0 Å². The number of rotatable bonds is 9. The topological polar surface area (TPSA) is 52.6 Å². The van der Waals surface area contributed by atoms with Crippen LogP contribution in [-0.4, -0.2) is 65.9 Å². The molecule has 0 aromatic carbocycles. The highest BCUT2D eigenvalue weighted by molar-refractivity contribution is 5.87. The van der Waals surface area contributed by atoms with Crippen LogP contribution in [0.1, 0.15) is 45.6 Å². The van der Waals surface area contributed by atoms with Gasteiger partial charge in [0.15, 0.2) is 0 Å². The van der Waals surface area contributed by atoms with Gasteiger partial charge < -0.3 is 14.7 Å². The van der Waals surface area contributed by atoms with E-state index in [1.807, 2.05) is 43.2 Å². The van der Waals surface area contributed by atoms with Crippen molar-refractivity contribution in [2.24, 2.45) is 5.92 Å². The van der Waals surface area contributed by atoms with Gasteiger partial charge in [0.1, 0.15) is 12.1 Å². The minimum Gasteiger partial charge on any atom is -0.338 e. The number of carbonyl (C=O) groups excluding carboxylic acids is 1. The molecule has 0 unspecified atom stereocenters. The molecule has 1 aromatic rings. The van der Waals surface area contributed by atoms with Crippen LogP contribution in [0, 0.1) is 5.92 Å². The van der Waals surface area contributed by atoms with Gasteiger partial charge in [-0.3, -0.25) is 4.79 Å². The number of allylic oxidation sites excluding steroid dienone is 4. The van der Waals surface area contributed by atoms with Crippen LogP contribution in [0.2, 0.25) is 0 Å². The summed E-state index contributed by atoms with van der Waals surface area (Å²) in [4.78, 5) is 26.0. The number of nitrogens with zero attached hydrogens (tertiary/aromatic N) is 5. The number of likely N-dealkylation sites (tertiary alicyclic amines) is 1. The number of unbranched alkanes of at least 4 members (excludes halogenated alkanes) is 1. The third kappa shape index (κ3) is 9.48. The maximum Gasteiger partial charge on any atom is 0.245 e. The van der Waals surface area contributed by atoms with Crippen LogP contribution in [-0.2, 0) is 4.79 Å². The van der Waals surface area contributed by atoms with E-state index in [9.17, 15) is 4.79 Å². The number of aromatic nitrogens is 2. The zero-order valence-corrected chi connectivity index (χ0v) is 21.8. The van der Waals surface area contributed by atoms with Gasteiger partial charge in [-0.05, 0) is 71.0 Å². The molecule has 0 saturated carbocycles. The van der Waals surface area contributed by atoms with Gasteiger partial charge in [0.25, 0.3) is 0 Å². The fourth-order valence-corrected chi connectivity index (χ4v) is 3.53. The third-order valence-corrected chi connectivity index (χ3v) is 5.58. The molecule has 2 aliphatic heterocycles. The fraction of sp³-hybridized carbons (Fsp3) is 0.464. The standard InChI is InChI=1S/C16H18N4O.C10H19N.C2H6/c1-3-15(21)19-9-13(10-19)6-7-20-12(2)4-5-14-8-17-11-18-16(14)20;1-5-10(2)8-6-7-9-11(3)4;1-2/h3-5,8,11,13H,1-2,6-7,9-10H2;5,8H,1,6-7,9H2,2-4H3;1-2H3/b;10-8-;. The van der Waals surface area contributed by atoms with Gasteiger partial charge in [0, 0.05) is 37.1 Å². The molecule has 6 heteroatoms. The second-order valence-corrected chi connectivity index (χ2v) is 8.48. The highest BCUT2D eigenvalue weighted by Crippen LogP contribution is 2.29. The molecule has 1 amide bonds. The van der Waals surface area contributed by atoms with Crippen molar-refractivity contribution < 1.29 is 4.79 Å². The average Bonchev–Trinajstić information content (AvgIpc) is 2.83. The van der Waals surface area contributed by atoms with E-state index in [-0.39, 0.29) is 5.91 Å². The van der Waals surface area contributed by atoms with E-state index in [4.69, 9.17) is 0 Å². The molecule has 34 heavy (non-hydrogen) atoms. The number of hydrogen-bond donors (Lipinski definition) is 0. The van der Waals surface area contributed by atoms with E-state index in [1.165, 1.54) is 24.6 Å². The van der Waals surface area contributed by atoms with Crippen LogP contribution in [0.5, 0.6) is 0 Å². The molecule has 0 atom stereocenters. The van der Waals surface area contributed by atoms with E-state index in [0.29, 0.717) is 5.92 Å². The Hall–Kier alpha value is -2.99. The monoisotopic (exact) mass is 465 g/mol. The van der Waals surface area contributed by atoms with Gasteiger partial charge in [0.05, 0.1) is 0 Å². The molecule has 1 saturated heterocycles. The second-order valence-electron chi connectivity index (χ2n) is 8.48. The summed E-state index contributed by atoms with van der Waals surface area (Å²) in [6.07, 6.45) is 16.3. The molecular formula is C28H43N5O. The van der Waals surface area contributed by atoms with Crippen molar-refractivity contribution >= 4 is 17.8 Å². The van der Waals surface area contributed by atoms with Gasteiger partial charge in [-0.25, -0.2) is 9.97 Å². The third-order valence-electron chi connectivity index (χ3n) is 5.58. The first-order valence-electron chi connectivity index (χ1n) is 12.2. The molecule has 3 heterocycles. The van der Waals surface area contributed by atoms with Crippen molar-refractivity contribution in [3.63, 3.8) is 0 Å². The Morgan fingerprint density at radius 2 is 1.91 bits per heavy atom. The number of hydrogen-bond acceptors (Lipinski definition) is 5. The molecule has 0 spiro atoms. The molecule has 0 N–H and O–H groups in total. The van der Waals surface area contributed by atoms with Crippen molar-refractivity contribution in [1.82, 2.24) is 19.8 Å². The lowest BCUT2D eigenvalue weighted by atomic mass is 9.95. The van der Waals surface area contributed by atoms with Crippen LogP contribution in [0.4, 0.5) is 5.82 Å². The van der Waals surface area contributed by atoms with E-state index in [2.05, 4.69) is 66.6 Å². The molecule has 1 aromatic heterocycles. The van der Waals surface area contributed by atoms with E-state index in [1.54, 1.807) is 6.33 Å². The second kappa shape index (κ2) is 15.8. The maximum absolute atomic E-state index is 11.4. The lowest BCUT2D eigenvalue weighted by Crippen LogP contribution is -2.50. The minimum atomic E-state index is 0.0228. The zero-order valence-electron chi connectivity index (χ0n) is 21.8. The van der Waals surface area contributed by atoms with Crippen molar-refractivity contribution in [2.75, 3.05) is 45.2 Å². The van der Waals surface area contributed by atoms with Crippen molar-refractivity contribution in [2.45, 2.75) is 40.0 Å². The maximum atomic E-state index is 11.4. The van der Waals surface area contributed by atoms with Gasteiger partial charge >= 0.3 is 0 Å². The van der Waals surface area contributed by atoms with E-state index in [0.717, 1.165) is 49.6 Å². The molecule has 0 aliphatic carbocycles. The van der Waals surface area contributed by atoms with Gasteiger partial charge in [-0.2, -0.15) is 0 Å². The Balaban J connectivity index is 0.000000380. The van der Waals surface area contributed by atoms with Crippen molar-refractivity contribution in [3.8, 4) is 0 Å². The molecule has 6 nitrogen and oxygen atoms in total. The number of carbonyl (C=O) groups is 1. The first-order chi connectivity index (χ1) is 16.3. The van der Waals surface area contributed by atoms with Crippen LogP contribution < -0.4 is 4.90 Å². The van der Waals surface area contributed by atoms with Gasteiger partial charge in [-0.15, -0.1) is 0 Å². The predicted molar refractivity (Wildman–Crippen MR) is 146 cm³/mol. The number of amides is 1. The lowest BCUT2D eigenvalue weighted by molar-refractivity contribution is -0.132. The SMILES string of the molecule is C=C/C(C)=C\CCCN(C)C.C=CC(=O)N1CC(CCN2C(=C)C=Cc3cncnc32)C1.CC. The zero-order chi connectivity index (χ0) is 25.5. The molecule has 3 rings (SSSR count). The van der Waals surface area contributed by atoms with Gasteiger partial charge in [0.2, 0.25) is 5.91 Å². The smallest absolute Gasteiger partial charge is 0.245 e. The number of anilines is 1. The molecular weight excluding hydrogens is 422 g/mol. The first kappa shape index (κ1) is 29.0. The highest BCUT2D eigenvalue weighted by Gasteiger charge is 2.30. The summed E-state index contributed by atoms with van der Waals surface area (Å²) in [5.74, 6) is 1.48. The molecule has 1 fully saturated rings. The minimum absolute atomic E-state index is 0.0228. The predicted octanol–water partition coefficient (Wildman–Crippen LogP) is 5.34. The summed E-state index contributed by atoms with van der Waals surface area (Å²) in [6, 6.07) is 0. The fourth-order valence-electron chi connectivity index (χ4n) is 3.53. The largest absolute Gasteiger partial charge is 0.338 e. The van der Waals surface area contributed by atoms with Crippen molar-refractivity contribution in [3.05, 3.63) is 73.4 Å². The molecule has 2 aliphatic rings. The lowest BCUT2D eigenvalue weighted by Gasteiger charge is -2.40. The molecule has 0 radical (unpaired) electrons. The van der Waals surface area contributed by atoms with Crippen LogP contribution in [0.15, 0.2) is 67.8 Å². The summed E-state index contributed by atoms with van der Waals surface area (Å²) < 4.78 is 0. The van der Waals surface area contributed by atoms with Crippen LogP contribution in [0.25, 0.3) is 6.08 Å². The highest BCUT2D eigenvalue weighted by atomic mass is 16.2. The van der Waals surface area contributed by atoms with Crippen LogP contribution >= 0.6 is 0 Å². The first-order valence-corrected chi connectivity index (χ1v) is 12.2. The van der Waals surface area contributed by atoms with Crippen molar-refractivity contribution in [1.29, 1.82) is 0 Å². The summed E-state index contributed by atoms with van der Waals surface area (Å²) >= 11 is 0. The summed E-state index contributed by atoms with van der Waals surface area (Å²) in [5.41, 5.74) is 3.24. The Morgan fingerprint density at radius 3 is 2.53 bits per heavy atom. The Labute approximate surface area is 207 Å². The van der Waals surface area contributed by atoms with Crippen LogP contribution in [0.3, 0.4) is 0 Å². The Kier molecular flexibility index (Phi) is 13.5. The summed E-state index contributed by atoms with van der Waals surface area (Å²) in [6.45, 7) is 21.0. The van der Waals surface area contributed by atoms with E-state index >= 15 is 0 Å². The van der Waals surface area contributed by atoms with Gasteiger partial charge in [-0.1, -0.05) is 51.3 Å².